The first-order chi connectivity index (χ1) is 8.63. The second kappa shape index (κ2) is 6.16. The van der Waals surface area contributed by atoms with Gasteiger partial charge in [0, 0.05) is 11.0 Å². The average Bonchev–Trinajstić information content (AvgIpc) is 2.24. The summed E-state index contributed by atoms with van der Waals surface area (Å²) in [6, 6.07) is 5.24. The van der Waals surface area contributed by atoms with E-state index in [-0.39, 0.29) is 5.82 Å². The SMILES string of the molecule is CCCNCC1(Cc2cc(F)cc(Br)c2)CCC1. The molecule has 0 spiro atoms. The van der Waals surface area contributed by atoms with Crippen molar-refractivity contribution in [2.24, 2.45) is 5.41 Å². The van der Waals surface area contributed by atoms with E-state index >= 15 is 0 Å². The third-order valence-corrected chi connectivity index (χ3v) is 4.30. The van der Waals surface area contributed by atoms with Crippen molar-refractivity contribution in [2.45, 2.75) is 39.0 Å². The Balaban J connectivity index is 2.00. The molecule has 1 saturated carbocycles. The van der Waals surface area contributed by atoms with E-state index in [1.807, 2.05) is 6.07 Å². The zero-order valence-electron chi connectivity index (χ0n) is 10.9. The molecule has 1 aromatic carbocycles. The van der Waals surface area contributed by atoms with E-state index in [0.717, 1.165) is 29.5 Å². The Morgan fingerprint density at radius 3 is 2.67 bits per heavy atom. The smallest absolute Gasteiger partial charge is 0.124 e. The highest BCUT2D eigenvalue weighted by Gasteiger charge is 2.36. The predicted octanol–water partition coefficient (Wildman–Crippen LogP) is 4.30. The molecule has 18 heavy (non-hydrogen) atoms. The summed E-state index contributed by atoms with van der Waals surface area (Å²) in [5.41, 5.74) is 1.47. The number of nitrogens with one attached hydrogen (secondary N) is 1. The molecule has 0 atom stereocenters. The van der Waals surface area contributed by atoms with Gasteiger partial charge in [-0.1, -0.05) is 29.3 Å². The van der Waals surface area contributed by atoms with Gasteiger partial charge in [-0.3, -0.25) is 0 Å². The molecule has 1 nitrogen and oxygen atoms in total. The Bertz CT molecular complexity index is 381. The molecule has 0 heterocycles. The quantitative estimate of drug-likeness (QED) is 0.772. The zero-order valence-corrected chi connectivity index (χ0v) is 12.5. The lowest BCUT2D eigenvalue weighted by atomic mass is 9.65. The second-order valence-corrected chi connectivity index (χ2v) is 6.40. The lowest BCUT2D eigenvalue weighted by Gasteiger charge is -2.42. The maximum atomic E-state index is 13.4. The number of hydrogen-bond acceptors (Lipinski definition) is 1. The van der Waals surface area contributed by atoms with Crippen molar-refractivity contribution in [1.29, 1.82) is 0 Å². The number of benzene rings is 1. The van der Waals surface area contributed by atoms with E-state index in [1.54, 1.807) is 6.07 Å². The Hall–Kier alpha value is -0.410. The molecule has 100 valence electrons. The monoisotopic (exact) mass is 313 g/mol. The van der Waals surface area contributed by atoms with Crippen LogP contribution >= 0.6 is 15.9 Å². The van der Waals surface area contributed by atoms with Crippen LogP contribution in [0.4, 0.5) is 4.39 Å². The highest BCUT2D eigenvalue weighted by Crippen LogP contribution is 2.43. The van der Waals surface area contributed by atoms with Gasteiger partial charge in [-0.15, -0.1) is 0 Å². The van der Waals surface area contributed by atoms with Crippen LogP contribution < -0.4 is 5.32 Å². The molecule has 1 fully saturated rings. The molecule has 1 aliphatic carbocycles. The molecule has 1 N–H and O–H groups in total. The van der Waals surface area contributed by atoms with Gasteiger partial charge in [0.2, 0.25) is 0 Å². The number of hydrogen-bond donors (Lipinski definition) is 1. The molecule has 3 heteroatoms. The first-order valence-corrected chi connectivity index (χ1v) is 7.58. The Morgan fingerprint density at radius 2 is 2.11 bits per heavy atom. The molecule has 1 aliphatic rings. The molecule has 1 aromatic rings. The molecule has 0 amide bonds. The maximum absolute atomic E-state index is 13.4. The molecule has 0 saturated heterocycles. The van der Waals surface area contributed by atoms with Crippen molar-refractivity contribution < 1.29 is 4.39 Å². The lowest BCUT2D eigenvalue weighted by Crippen LogP contribution is -2.41. The Labute approximate surface area is 117 Å². The van der Waals surface area contributed by atoms with Crippen molar-refractivity contribution in [1.82, 2.24) is 5.32 Å². The molecule has 0 aliphatic heterocycles. The number of rotatable bonds is 6. The van der Waals surface area contributed by atoms with Crippen LogP contribution in [0.25, 0.3) is 0 Å². The third-order valence-electron chi connectivity index (χ3n) is 3.84. The average molecular weight is 314 g/mol. The number of halogens is 2. The van der Waals surface area contributed by atoms with Gasteiger partial charge in [-0.05, 0) is 61.4 Å². The van der Waals surface area contributed by atoms with Crippen molar-refractivity contribution in [3.8, 4) is 0 Å². The van der Waals surface area contributed by atoms with Crippen LogP contribution in [0.15, 0.2) is 22.7 Å². The fraction of sp³-hybridized carbons (Fsp3) is 0.600. The first kappa shape index (κ1) is 14.0. The summed E-state index contributed by atoms with van der Waals surface area (Å²) in [5.74, 6) is -0.143. The second-order valence-electron chi connectivity index (χ2n) is 5.48. The van der Waals surface area contributed by atoms with E-state index < -0.39 is 0 Å². The summed E-state index contributed by atoms with van der Waals surface area (Å²) in [4.78, 5) is 0. The Morgan fingerprint density at radius 1 is 1.33 bits per heavy atom. The molecular formula is C15H21BrFN. The van der Waals surface area contributed by atoms with E-state index in [9.17, 15) is 4.39 Å². The van der Waals surface area contributed by atoms with E-state index in [0.29, 0.717) is 5.41 Å². The van der Waals surface area contributed by atoms with Gasteiger partial charge in [0.25, 0.3) is 0 Å². The van der Waals surface area contributed by atoms with Gasteiger partial charge in [0.05, 0.1) is 0 Å². The minimum Gasteiger partial charge on any atom is -0.316 e. The summed E-state index contributed by atoms with van der Waals surface area (Å²) >= 11 is 3.37. The first-order valence-electron chi connectivity index (χ1n) is 6.79. The third kappa shape index (κ3) is 3.55. The standard InChI is InChI=1S/C15H21BrFN/c1-2-6-18-11-15(4-3-5-15)10-12-7-13(16)9-14(17)8-12/h7-9,18H,2-6,10-11H2,1H3. The van der Waals surface area contributed by atoms with E-state index in [1.165, 1.54) is 31.7 Å². The van der Waals surface area contributed by atoms with Crippen LogP contribution in [-0.2, 0) is 6.42 Å². The van der Waals surface area contributed by atoms with Gasteiger partial charge >= 0.3 is 0 Å². The molecule has 2 rings (SSSR count). The topological polar surface area (TPSA) is 12.0 Å². The van der Waals surface area contributed by atoms with Crippen molar-refractivity contribution in [3.05, 3.63) is 34.1 Å². The minimum absolute atomic E-state index is 0.143. The molecule has 0 radical (unpaired) electrons. The van der Waals surface area contributed by atoms with Crippen LogP contribution in [0.1, 0.15) is 38.2 Å². The molecule has 0 unspecified atom stereocenters. The highest BCUT2D eigenvalue weighted by atomic mass is 79.9. The van der Waals surface area contributed by atoms with Gasteiger partial charge in [-0.25, -0.2) is 4.39 Å². The highest BCUT2D eigenvalue weighted by molar-refractivity contribution is 9.10. The molecular weight excluding hydrogens is 293 g/mol. The van der Waals surface area contributed by atoms with Crippen LogP contribution in [0.3, 0.4) is 0 Å². The van der Waals surface area contributed by atoms with Gasteiger partial charge in [-0.2, -0.15) is 0 Å². The normalized spacial score (nSPS) is 17.5. The van der Waals surface area contributed by atoms with Crippen molar-refractivity contribution >= 4 is 15.9 Å². The van der Waals surface area contributed by atoms with Crippen LogP contribution in [-0.4, -0.2) is 13.1 Å². The summed E-state index contributed by atoms with van der Waals surface area (Å²) in [6.45, 7) is 4.33. The summed E-state index contributed by atoms with van der Waals surface area (Å²) in [7, 11) is 0. The van der Waals surface area contributed by atoms with E-state index in [2.05, 4.69) is 28.2 Å². The van der Waals surface area contributed by atoms with Crippen LogP contribution in [0.5, 0.6) is 0 Å². The van der Waals surface area contributed by atoms with Gasteiger partial charge in [0.1, 0.15) is 5.82 Å². The van der Waals surface area contributed by atoms with Gasteiger partial charge in [0.15, 0.2) is 0 Å². The largest absolute Gasteiger partial charge is 0.316 e. The summed E-state index contributed by atoms with van der Waals surface area (Å²) in [5, 5.41) is 3.52. The zero-order chi connectivity index (χ0) is 13.0. The minimum atomic E-state index is -0.143. The molecule has 0 bridgehead atoms. The van der Waals surface area contributed by atoms with E-state index in [4.69, 9.17) is 0 Å². The molecule has 0 aromatic heterocycles. The van der Waals surface area contributed by atoms with Crippen molar-refractivity contribution in [3.63, 3.8) is 0 Å². The predicted molar refractivity (Wildman–Crippen MR) is 77.2 cm³/mol. The summed E-state index contributed by atoms with van der Waals surface area (Å²) < 4.78 is 14.2. The van der Waals surface area contributed by atoms with Crippen molar-refractivity contribution in [2.75, 3.05) is 13.1 Å². The lowest BCUT2D eigenvalue weighted by molar-refractivity contribution is 0.130. The maximum Gasteiger partial charge on any atom is 0.124 e. The van der Waals surface area contributed by atoms with Crippen LogP contribution in [0.2, 0.25) is 0 Å². The van der Waals surface area contributed by atoms with Crippen LogP contribution in [0, 0.1) is 11.2 Å². The van der Waals surface area contributed by atoms with Gasteiger partial charge < -0.3 is 5.32 Å². The fourth-order valence-electron chi connectivity index (χ4n) is 2.77. The summed E-state index contributed by atoms with van der Waals surface area (Å²) in [6.07, 6.45) is 5.99. The Kier molecular flexibility index (Phi) is 4.79. The fourth-order valence-corrected chi connectivity index (χ4v) is 3.28.